The molecule has 0 unspecified atom stereocenters. The fraction of sp³-hybridized carbons (Fsp3) is 0.316. The Bertz CT molecular complexity index is 1790. The Morgan fingerprint density at radius 1 is 0.854 bits per heavy atom. The molecule has 1 atom stereocenters. The fourth-order valence-corrected chi connectivity index (χ4v) is 7.55. The number of benzene rings is 4. The zero-order chi connectivity index (χ0) is 34.1. The highest BCUT2D eigenvalue weighted by Crippen LogP contribution is 2.36. The average molecular weight is 670 g/mol. The van der Waals surface area contributed by atoms with Gasteiger partial charge in [0.2, 0.25) is 11.8 Å². The van der Waals surface area contributed by atoms with E-state index in [1.165, 1.54) is 37.3 Å². The van der Waals surface area contributed by atoms with Gasteiger partial charge in [-0.25, -0.2) is 8.42 Å². The lowest BCUT2D eigenvalue weighted by Crippen LogP contribution is -2.54. The second-order valence-electron chi connectivity index (χ2n) is 12.0. The maximum absolute atomic E-state index is 14.8. The smallest absolute Gasteiger partial charge is 0.264 e. The first-order valence-corrected chi connectivity index (χ1v) is 17.6. The van der Waals surface area contributed by atoms with Gasteiger partial charge in [-0.15, -0.1) is 0 Å². The van der Waals surface area contributed by atoms with Crippen LogP contribution in [0.2, 0.25) is 0 Å². The van der Waals surface area contributed by atoms with Crippen LogP contribution < -0.4 is 19.1 Å². The third-order valence-corrected chi connectivity index (χ3v) is 10.6. The first-order chi connectivity index (χ1) is 23.2. The second-order valence-corrected chi connectivity index (χ2v) is 13.9. The third-order valence-electron chi connectivity index (χ3n) is 8.84. The van der Waals surface area contributed by atoms with E-state index in [0.717, 1.165) is 46.7 Å². The van der Waals surface area contributed by atoms with Crippen LogP contribution in [0.15, 0.2) is 108 Å². The quantitative estimate of drug-likeness (QED) is 0.179. The third kappa shape index (κ3) is 8.17. The van der Waals surface area contributed by atoms with Crippen LogP contribution in [-0.2, 0) is 32.6 Å². The van der Waals surface area contributed by atoms with Gasteiger partial charge in [0, 0.05) is 25.1 Å². The van der Waals surface area contributed by atoms with Gasteiger partial charge in [-0.3, -0.25) is 13.9 Å². The standard InChI is InChI=1S/C38H43N3O6S/c1-28-14-10-11-17-30(28)26-40(35(24-29-15-6-4-7-16-29)38(43)39-31-18-12-13-19-31)37(42)27-41(48(44,45)33-20-8-5-9-21-33)34-25-32(46-2)22-23-36(34)47-3/h4-11,14-17,20-23,25,31,35H,12-13,18-19,24,26-27H2,1-3H3,(H,39,43)/t35-/m1/s1. The summed E-state index contributed by atoms with van der Waals surface area (Å²) in [4.78, 5) is 30.6. The predicted octanol–water partition coefficient (Wildman–Crippen LogP) is 5.91. The van der Waals surface area contributed by atoms with Crippen molar-refractivity contribution in [2.45, 2.75) is 62.6 Å². The summed E-state index contributed by atoms with van der Waals surface area (Å²) in [5.74, 6) is -0.163. The summed E-state index contributed by atoms with van der Waals surface area (Å²) in [5, 5.41) is 3.21. The Morgan fingerprint density at radius 2 is 1.50 bits per heavy atom. The van der Waals surface area contributed by atoms with Gasteiger partial charge < -0.3 is 19.7 Å². The molecule has 0 heterocycles. The molecule has 2 amide bonds. The molecule has 9 nitrogen and oxygen atoms in total. The molecular formula is C38H43N3O6S. The number of sulfonamides is 1. The highest BCUT2D eigenvalue weighted by atomic mass is 32.2. The van der Waals surface area contributed by atoms with Crippen molar-refractivity contribution < 1.29 is 27.5 Å². The van der Waals surface area contributed by atoms with Crippen molar-refractivity contribution in [2.24, 2.45) is 0 Å². The number of aryl methyl sites for hydroxylation is 1. The minimum Gasteiger partial charge on any atom is -0.497 e. The molecule has 0 spiro atoms. The largest absolute Gasteiger partial charge is 0.497 e. The van der Waals surface area contributed by atoms with E-state index >= 15 is 0 Å². The van der Waals surface area contributed by atoms with Crippen LogP contribution in [0, 0.1) is 6.92 Å². The van der Waals surface area contributed by atoms with Gasteiger partial charge in [0.05, 0.1) is 24.8 Å². The summed E-state index contributed by atoms with van der Waals surface area (Å²) < 4.78 is 40.8. The Labute approximate surface area is 283 Å². The molecule has 0 aliphatic heterocycles. The lowest BCUT2D eigenvalue weighted by Gasteiger charge is -2.35. The van der Waals surface area contributed by atoms with E-state index in [1.54, 1.807) is 30.3 Å². The van der Waals surface area contributed by atoms with Crippen LogP contribution in [0.3, 0.4) is 0 Å². The van der Waals surface area contributed by atoms with E-state index < -0.39 is 28.5 Å². The van der Waals surface area contributed by atoms with E-state index in [2.05, 4.69) is 5.32 Å². The summed E-state index contributed by atoms with van der Waals surface area (Å²) in [6.07, 6.45) is 4.09. The number of anilines is 1. The molecule has 48 heavy (non-hydrogen) atoms. The molecule has 5 rings (SSSR count). The Morgan fingerprint density at radius 3 is 2.15 bits per heavy atom. The van der Waals surface area contributed by atoms with E-state index in [1.807, 2.05) is 61.5 Å². The van der Waals surface area contributed by atoms with Gasteiger partial charge in [0.25, 0.3) is 10.0 Å². The zero-order valence-corrected chi connectivity index (χ0v) is 28.5. The van der Waals surface area contributed by atoms with Gasteiger partial charge in [0.15, 0.2) is 0 Å². The molecule has 4 aromatic carbocycles. The summed E-state index contributed by atoms with van der Waals surface area (Å²) >= 11 is 0. The first-order valence-electron chi connectivity index (χ1n) is 16.2. The van der Waals surface area contributed by atoms with Gasteiger partial charge in [-0.05, 0) is 60.7 Å². The Hall–Kier alpha value is -4.83. The van der Waals surface area contributed by atoms with Gasteiger partial charge in [0.1, 0.15) is 24.1 Å². The van der Waals surface area contributed by atoms with E-state index in [9.17, 15) is 18.0 Å². The number of hydrogen-bond acceptors (Lipinski definition) is 6. The van der Waals surface area contributed by atoms with Crippen LogP contribution >= 0.6 is 0 Å². The summed E-state index contributed by atoms with van der Waals surface area (Å²) in [5.41, 5.74) is 2.83. The molecule has 10 heteroatoms. The monoisotopic (exact) mass is 669 g/mol. The molecule has 1 fully saturated rings. The fourth-order valence-electron chi connectivity index (χ4n) is 6.12. The molecule has 0 saturated heterocycles. The molecule has 252 valence electrons. The van der Waals surface area contributed by atoms with Crippen LogP contribution in [-0.4, -0.2) is 58.0 Å². The van der Waals surface area contributed by atoms with Crippen molar-refractivity contribution in [3.05, 3.63) is 120 Å². The minimum absolute atomic E-state index is 0.00735. The lowest BCUT2D eigenvalue weighted by atomic mass is 10.0. The molecule has 1 aliphatic carbocycles. The number of nitrogens with one attached hydrogen (secondary N) is 1. The van der Waals surface area contributed by atoms with E-state index in [0.29, 0.717) is 5.75 Å². The molecule has 1 saturated carbocycles. The molecule has 1 N–H and O–H groups in total. The minimum atomic E-state index is -4.30. The summed E-state index contributed by atoms with van der Waals surface area (Å²) in [6, 6.07) is 29.1. The number of hydrogen-bond donors (Lipinski definition) is 1. The van der Waals surface area contributed by atoms with E-state index in [-0.39, 0.29) is 41.2 Å². The van der Waals surface area contributed by atoms with Gasteiger partial charge >= 0.3 is 0 Å². The first kappa shape index (κ1) is 34.5. The van der Waals surface area contributed by atoms with Crippen molar-refractivity contribution in [3.63, 3.8) is 0 Å². The Kier molecular flexibility index (Phi) is 11.4. The Balaban J connectivity index is 1.62. The maximum atomic E-state index is 14.8. The summed E-state index contributed by atoms with van der Waals surface area (Å²) in [6.45, 7) is 1.47. The highest BCUT2D eigenvalue weighted by Gasteiger charge is 2.36. The topological polar surface area (TPSA) is 105 Å². The maximum Gasteiger partial charge on any atom is 0.264 e. The number of nitrogens with zero attached hydrogens (tertiary/aromatic N) is 2. The SMILES string of the molecule is COc1ccc(OC)c(N(CC(=O)N(Cc2ccccc2C)[C@H](Cc2ccccc2)C(=O)NC2CCCC2)S(=O)(=O)c2ccccc2)c1. The van der Waals surface area contributed by atoms with Crippen molar-refractivity contribution >= 4 is 27.5 Å². The molecule has 1 aliphatic rings. The van der Waals surface area contributed by atoms with Crippen molar-refractivity contribution in [1.29, 1.82) is 0 Å². The number of carbonyl (C=O) groups excluding carboxylic acids is 2. The molecule has 0 radical (unpaired) electrons. The number of methoxy groups -OCH3 is 2. The molecule has 4 aromatic rings. The number of rotatable bonds is 14. The van der Waals surface area contributed by atoms with E-state index in [4.69, 9.17) is 9.47 Å². The van der Waals surface area contributed by atoms with Crippen molar-refractivity contribution in [3.8, 4) is 11.5 Å². The zero-order valence-electron chi connectivity index (χ0n) is 27.7. The normalized spacial score (nSPS) is 13.8. The van der Waals surface area contributed by atoms with Crippen LogP contribution in [0.4, 0.5) is 5.69 Å². The van der Waals surface area contributed by atoms with Crippen LogP contribution in [0.25, 0.3) is 0 Å². The van der Waals surface area contributed by atoms with Crippen LogP contribution in [0.1, 0.15) is 42.4 Å². The second kappa shape index (κ2) is 15.8. The van der Waals surface area contributed by atoms with Crippen molar-refractivity contribution in [1.82, 2.24) is 10.2 Å². The molecule has 0 aromatic heterocycles. The molecular weight excluding hydrogens is 627 g/mol. The van der Waals surface area contributed by atoms with Crippen molar-refractivity contribution in [2.75, 3.05) is 25.1 Å². The number of amides is 2. The number of carbonyl (C=O) groups is 2. The van der Waals surface area contributed by atoms with Gasteiger partial charge in [-0.2, -0.15) is 0 Å². The summed E-state index contributed by atoms with van der Waals surface area (Å²) in [7, 11) is -1.38. The highest BCUT2D eigenvalue weighted by molar-refractivity contribution is 7.92. The predicted molar refractivity (Wildman–Crippen MR) is 187 cm³/mol. The van der Waals surface area contributed by atoms with Gasteiger partial charge in [-0.1, -0.05) is 85.6 Å². The lowest BCUT2D eigenvalue weighted by molar-refractivity contribution is -0.140. The molecule has 0 bridgehead atoms. The number of ether oxygens (including phenoxy) is 2. The average Bonchev–Trinajstić information content (AvgIpc) is 3.63. The van der Waals surface area contributed by atoms with Crippen LogP contribution in [0.5, 0.6) is 11.5 Å².